The van der Waals surface area contributed by atoms with Crippen molar-refractivity contribution in [1.82, 2.24) is 5.43 Å². The van der Waals surface area contributed by atoms with E-state index in [9.17, 15) is 0 Å². The van der Waals surface area contributed by atoms with Gasteiger partial charge in [-0.1, -0.05) is 0 Å². The maximum atomic E-state index is 5.71. The van der Waals surface area contributed by atoms with Gasteiger partial charge in [0.1, 0.15) is 5.76 Å². The van der Waals surface area contributed by atoms with Crippen molar-refractivity contribution in [2.45, 2.75) is 38.1 Å². The fourth-order valence-electron chi connectivity index (χ4n) is 3.28. The second-order valence-electron chi connectivity index (χ2n) is 5.23. The zero-order valence-corrected chi connectivity index (χ0v) is 9.11. The highest BCUT2D eigenvalue weighted by Gasteiger charge is 2.48. The van der Waals surface area contributed by atoms with Gasteiger partial charge in [0.25, 0.3) is 0 Å². The van der Waals surface area contributed by atoms with Crippen LogP contribution < -0.4 is 11.3 Å². The Hall–Kier alpha value is -0.540. The topological polar surface area (TPSA) is 47.3 Å². The molecule has 3 atom stereocenters. The van der Waals surface area contributed by atoms with E-state index in [-0.39, 0.29) is 6.04 Å². The van der Waals surface area contributed by atoms with Crippen molar-refractivity contribution in [3.05, 3.63) is 11.8 Å². The third kappa shape index (κ3) is 1.79. The van der Waals surface area contributed by atoms with Gasteiger partial charge in [0, 0.05) is 0 Å². The molecule has 0 saturated heterocycles. The molecule has 2 saturated carbocycles. The lowest BCUT2D eigenvalue weighted by Gasteiger charge is -2.28. The van der Waals surface area contributed by atoms with Crippen molar-refractivity contribution in [1.29, 1.82) is 0 Å². The predicted octanol–water partition coefficient (Wildman–Crippen LogP) is 1.56. The van der Waals surface area contributed by atoms with E-state index in [1.165, 1.54) is 19.3 Å². The van der Waals surface area contributed by atoms with Gasteiger partial charge < -0.3 is 4.74 Å². The van der Waals surface area contributed by atoms with Crippen LogP contribution in [0.4, 0.5) is 0 Å². The second kappa shape index (κ2) is 3.80. The molecule has 0 spiro atoms. The Morgan fingerprint density at radius 3 is 2.73 bits per heavy atom. The van der Waals surface area contributed by atoms with Crippen molar-refractivity contribution in [2.75, 3.05) is 6.61 Å². The molecule has 2 fully saturated rings. The standard InChI is InChI=1S/C12H20N2O/c13-14-12(11-3-1-2-4-15-11)10-6-8-5-9(8)7-10/h3,8-10,12,14H,1-2,4-7,13H2. The summed E-state index contributed by atoms with van der Waals surface area (Å²) < 4.78 is 5.71. The summed E-state index contributed by atoms with van der Waals surface area (Å²) in [5, 5.41) is 0. The first-order valence-electron chi connectivity index (χ1n) is 6.17. The van der Waals surface area contributed by atoms with Crippen LogP contribution in [-0.2, 0) is 4.74 Å². The molecule has 2 aliphatic carbocycles. The van der Waals surface area contributed by atoms with Crippen LogP contribution in [0.15, 0.2) is 11.8 Å². The van der Waals surface area contributed by atoms with Crippen molar-refractivity contribution >= 4 is 0 Å². The normalized spacial score (nSPS) is 40.3. The van der Waals surface area contributed by atoms with E-state index in [0.717, 1.165) is 37.0 Å². The number of hydrazine groups is 1. The summed E-state index contributed by atoms with van der Waals surface area (Å²) in [6.07, 6.45) is 8.68. The minimum atomic E-state index is 0.276. The monoisotopic (exact) mass is 208 g/mol. The first-order valence-corrected chi connectivity index (χ1v) is 6.17. The third-order valence-corrected chi connectivity index (χ3v) is 4.20. The summed E-state index contributed by atoms with van der Waals surface area (Å²) in [6.45, 7) is 0.865. The zero-order valence-electron chi connectivity index (χ0n) is 9.11. The van der Waals surface area contributed by atoms with E-state index in [4.69, 9.17) is 10.6 Å². The third-order valence-electron chi connectivity index (χ3n) is 4.20. The molecule has 1 heterocycles. The largest absolute Gasteiger partial charge is 0.497 e. The number of hydrogen-bond acceptors (Lipinski definition) is 3. The minimum absolute atomic E-state index is 0.276. The number of nitrogens with one attached hydrogen (secondary N) is 1. The molecule has 0 aromatic heterocycles. The van der Waals surface area contributed by atoms with Crippen LogP contribution >= 0.6 is 0 Å². The molecule has 3 N–H and O–H groups in total. The smallest absolute Gasteiger partial charge is 0.111 e. The van der Waals surface area contributed by atoms with Gasteiger partial charge >= 0.3 is 0 Å². The van der Waals surface area contributed by atoms with Gasteiger partial charge in [-0.05, 0) is 55.9 Å². The van der Waals surface area contributed by atoms with Gasteiger partial charge in [0.05, 0.1) is 12.6 Å². The number of nitrogens with two attached hydrogens (primary N) is 1. The highest BCUT2D eigenvalue weighted by Crippen LogP contribution is 2.55. The van der Waals surface area contributed by atoms with Gasteiger partial charge in [-0.2, -0.15) is 0 Å². The van der Waals surface area contributed by atoms with Crippen LogP contribution in [0.3, 0.4) is 0 Å². The molecule has 1 aliphatic heterocycles. The number of allylic oxidation sites excluding steroid dienone is 1. The summed E-state index contributed by atoms with van der Waals surface area (Å²) in [5.74, 6) is 9.51. The lowest BCUT2D eigenvalue weighted by molar-refractivity contribution is 0.148. The van der Waals surface area contributed by atoms with Crippen molar-refractivity contribution in [2.24, 2.45) is 23.6 Å². The quantitative estimate of drug-likeness (QED) is 0.546. The van der Waals surface area contributed by atoms with Crippen molar-refractivity contribution in [3.63, 3.8) is 0 Å². The van der Waals surface area contributed by atoms with Crippen LogP contribution in [0.5, 0.6) is 0 Å². The van der Waals surface area contributed by atoms with Gasteiger partial charge in [0.2, 0.25) is 0 Å². The summed E-state index contributed by atoms with van der Waals surface area (Å²) >= 11 is 0. The van der Waals surface area contributed by atoms with E-state index in [0.29, 0.717) is 5.92 Å². The molecule has 0 aromatic carbocycles. The number of rotatable bonds is 3. The Bertz CT molecular complexity index is 267. The highest BCUT2D eigenvalue weighted by molar-refractivity contribution is 5.11. The summed E-state index contributed by atoms with van der Waals surface area (Å²) in [7, 11) is 0. The molecule has 0 aromatic rings. The van der Waals surface area contributed by atoms with E-state index >= 15 is 0 Å². The Kier molecular flexibility index (Phi) is 2.45. The Morgan fingerprint density at radius 1 is 1.33 bits per heavy atom. The zero-order chi connectivity index (χ0) is 10.3. The molecular formula is C12H20N2O. The molecule has 0 amide bonds. The average Bonchev–Trinajstić information content (AvgIpc) is 2.89. The molecular weight excluding hydrogens is 188 g/mol. The molecule has 0 radical (unpaired) electrons. The average molecular weight is 208 g/mol. The predicted molar refractivity (Wildman–Crippen MR) is 58.7 cm³/mol. The summed E-state index contributed by atoms with van der Waals surface area (Å²) in [4.78, 5) is 0. The molecule has 0 bridgehead atoms. The van der Waals surface area contributed by atoms with E-state index in [1.807, 2.05) is 0 Å². The fourth-order valence-corrected chi connectivity index (χ4v) is 3.28. The number of ether oxygens (including phenoxy) is 1. The van der Waals surface area contributed by atoms with Crippen LogP contribution in [0.25, 0.3) is 0 Å². The molecule has 3 nitrogen and oxygen atoms in total. The maximum absolute atomic E-state index is 5.71. The van der Waals surface area contributed by atoms with E-state index < -0.39 is 0 Å². The van der Waals surface area contributed by atoms with Gasteiger partial charge in [-0.25, -0.2) is 5.43 Å². The van der Waals surface area contributed by atoms with Crippen LogP contribution in [0.1, 0.15) is 32.1 Å². The highest BCUT2D eigenvalue weighted by atomic mass is 16.5. The maximum Gasteiger partial charge on any atom is 0.111 e. The van der Waals surface area contributed by atoms with E-state index in [2.05, 4.69) is 11.5 Å². The van der Waals surface area contributed by atoms with Crippen LogP contribution in [0.2, 0.25) is 0 Å². The summed E-state index contributed by atoms with van der Waals surface area (Å²) in [6, 6.07) is 0.276. The second-order valence-corrected chi connectivity index (χ2v) is 5.23. The van der Waals surface area contributed by atoms with Gasteiger partial charge in [-0.3, -0.25) is 5.84 Å². The molecule has 3 unspecified atom stereocenters. The molecule has 3 rings (SSSR count). The number of fused-ring (bicyclic) bond motifs is 1. The lowest BCUT2D eigenvalue weighted by atomic mass is 9.92. The Labute approximate surface area is 91.0 Å². The van der Waals surface area contributed by atoms with Gasteiger partial charge in [0.15, 0.2) is 0 Å². The van der Waals surface area contributed by atoms with Crippen molar-refractivity contribution < 1.29 is 4.74 Å². The molecule has 3 heteroatoms. The minimum Gasteiger partial charge on any atom is -0.497 e. The fraction of sp³-hybridized carbons (Fsp3) is 0.833. The van der Waals surface area contributed by atoms with Crippen LogP contribution in [-0.4, -0.2) is 12.6 Å². The molecule has 15 heavy (non-hydrogen) atoms. The van der Waals surface area contributed by atoms with Gasteiger partial charge in [-0.15, -0.1) is 0 Å². The van der Waals surface area contributed by atoms with E-state index in [1.54, 1.807) is 0 Å². The first kappa shape index (κ1) is 9.67. The van der Waals surface area contributed by atoms with Crippen molar-refractivity contribution in [3.8, 4) is 0 Å². The SMILES string of the molecule is NNC(C1=CCCCO1)C1CC2CC2C1. The Balaban J connectivity index is 1.67. The summed E-state index contributed by atoms with van der Waals surface area (Å²) in [5.41, 5.74) is 2.96. The number of hydrogen-bond donors (Lipinski definition) is 2. The molecule has 3 aliphatic rings. The molecule has 84 valence electrons. The Morgan fingerprint density at radius 2 is 2.13 bits per heavy atom. The first-order chi connectivity index (χ1) is 7.38. The lowest BCUT2D eigenvalue weighted by Crippen LogP contribution is -2.43. The van der Waals surface area contributed by atoms with Crippen LogP contribution in [0, 0.1) is 17.8 Å².